The van der Waals surface area contributed by atoms with E-state index in [4.69, 9.17) is 0 Å². The van der Waals surface area contributed by atoms with Gasteiger partial charge < -0.3 is 4.90 Å². The highest BCUT2D eigenvalue weighted by molar-refractivity contribution is 9.08. The predicted octanol–water partition coefficient (Wildman–Crippen LogP) is 5.01. The van der Waals surface area contributed by atoms with Crippen LogP contribution >= 0.6 is 15.9 Å². The lowest BCUT2D eigenvalue weighted by Crippen LogP contribution is -2.32. The fraction of sp³-hybridized carbons (Fsp3) is 0.625. The molecule has 2 heteroatoms. The summed E-state index contributed by atoms with van der Waals surface area (Å²) < 4.78 is 0. The third-order valence-electron chi connectivity index (χ3n) is 2.89. The number of alkyl halides is 1. The molecule has 0 N–H and O–H groups in total. The second kappa shape index (κ2) is 7.18. The highest BCUT2D eigenvalue weighted by atomic mass is 79.9. The number of hydrogen-bond donors (Lipinski definition) is 0. The molecule has 0 fully saturated rings. The van der Waals surface area contributed by atoms with Crippen LogP contribution in [0.2, 0.25) is 0 Å². The Kier molecular flexibility index (Phi) is 6.20. The Labute approximate surface area is 121 Å². The van der Waals surface area contributed by atoms with Crippen molar-refractivity contribution in [3.05, 3.63) is 29.3 Å². The number of rotatable bonds is 6. The largest absolute Gasteiger partial charge is 0.371 e. The van der Waals surface area contributed by atoms with Crippen LogP contribution in [0.3, 0.4) is 0 Å². The maximum atomic E-state index is 3.62. The molecule has 0 saturated heterocycles. The standard InChI is InChI=1S/C16H26BrN/c1-12(2)10-18(11-13(3)4)16-7-6-14(5)8-15(16)9-17/h6-8,12-13H,9-11H2,1-5H3. The summed E-state index contributed by atoms with van der Waals surface area (Å²) >= 11 is 3.62. The van der Waals surface area contributed by atoms with E-state index in [1.165, 1.54) is 16.8 Å². The van der Waals surface area contributed by atoms with Crippen LogP contribution in [0.1, 0.15) is 38.8 Å². The fourth-order valence-corrected chi connectivity index (χ4v) is 2.73. The molecule has 0 saturated carbocycles. The van der Waals surface area contributed by atoms with Gasteiger partial charge in [-0.2, -0.15) is 0 Å². The zero-order valence-electron chi connectivity index (χ0n) is 12.3. The van der Waals surface area contributed by atoms with Crippen molar-refractivity contribution in [3.8, 4) is 0 Å². The van der Waals surface area contributed by atoms with E-state index >= 15 is 0 Å². The SMILES string of the molecule is Cc1ccc(N(CC(C)C)CC(C)C)c(CBr)c1. The first-order chi connectivity index (χ1) is 8.43. The van der Waals surface area contributed by atoms with Crippen LogP contribution in [0.5, 0.6) is 0 Å². The third kappa shape index (κ3) is 4.64. The molecule has 0 atom stereocenters. The van der Waals surface area contributed by atoms with Gasteiger partial charge in [0.2, 0.25) is 0 Å². The van der Waals surface area contributed by atoms with E-state index in [1.54, 1.807) is 0 Å². The van der Waals surface area contributed by atoms with Gasteiger partial charge in [0, 0.05) is 24.1 Å². The highest BCUT2D eigenvalue weighted by Crippen LogP contribution is 2.26. The first-order valence-electron chi connectivity index (χ1n) is 6.84. The average molecular weight is 312 g/mol. The summed E-state index contributed by atoms with van der Waals surface area (Å²) in [6, 6.07) is 6.78. The number of benzene rings is 1. The maximum absolute atomic E-state index is 3.62. The first kappa shape index (κ1) is 15.6. The van der Waals surface area contributed by atoms with Crippen LogP contribution in [0.25, 0.3) is 0 Å². The van der Waals surface area contributed by atoms with Gasteiger partial charge in [-0.05, 0) is 30.4 Å². The quantitative estimate of drug-likeness (QED) is 0.668. The van der Waals surface area contributed by atoms with Crippen LogP contribution in [-0.4, -0.2) is 13.1 Å². The van der Waals surface area contributed by atoms with Crippen LogP contribution in [0.15, 0.2) is 18.2 Å². The summed E-state index contributed by atoms with van der Waals surface area (Å²) in [5, 5.41) is 0.927. The van der Waals surface area contributed by atoms with Crippen molar-refractivity contribution >= 4 is 21.6 Å². The van der Waals surface area contributed by atoms with Gasteiger partial charge >= 0.3 is 0 Å². The second-order valence-electron chi connectivity index (χ2n) is 5.96. The Hall–Kier alpha value is -0.500. The van der Waals surface area contributed by atoms with Crippen molar-refractivity contribution in [1.29, 1.82) is 0 Å². The fourth-order valence-electron chi connectivity index (χ4n) is 2.28. The Bertz CT molecular complexity index is 361. The molecule has 0 aliphatic rings. The van der Waals surface area contributed by atoms with Gasteiger partial charge in [0.1, 0.15) is 0 Å². The Balaban J connectivity index is 3.03. The highest BCUT2D eigenvalue weighted by Gasteiger charge is 2.13. The van der Waals surface area contributed by atoms with Crippen LogP contribution in [0.4, 0.5) is 5.69 Å². The van der Waals surface area contributed by atoms with E-state index in [1.807, 2.05) is 0 Å². The topological polar surface area (TPSA) is 3.24 Å². The number of aryl methyl sites for hydroxylation is 1. The van der Waals surface area contributed by atoms with E-state index in [0.29, 0.717) is 11.8 Å². The van der Waals surface area contributed by atoms with E-state index in [0.717, 1.165) is 18.4 Å². The minimum absolute atomic E-state index is 0.688. The maximum Gasteiger partial charge on any atom is 0.0407 e. The lowest BCUT2D eigenvalue weighted by molar-refractivity contribution is 0.552. The molecule has 0 unspecified atom stereocenters. The molecule has 0 heterocycles. The lowest BCUT2D eigenvalue weighted by atomic mass is 10.1. The lowest BCUT2D eigenvalue weighted by Gasteiger charge is -2.30. The van der Waals surface area contributed by atoms with E-state index in [-0.39, 0.29) is 0 Å². The van der Waals surface area contributed by atoms with Gasteiger partial charge in [-0.25, -0.2) is 0 Å². The number of hydrogen-bond acceptors (Lipinski definition) is 1. The molecular weight excluding hydrogens is 286 g/mol. The summed E-state index contributed by atoms with van der Waals surface area (Å²) in [6.07, 6.45) is 0. The molecule has 102 valence electrons. The molecule has 0 aliphatic heterocycles. The summed E-state index contributed by atoms with van der Waals surface area (Å²) in [7, 11) is 0. The second-order valence-corrected chi connectivity index (χ2v) is 6.52. The van der Waals surface area contributed by atoms with Crippen molar-refractivity contribution < 1.29 is 0 Å². The van der Waals surface area contributed by atoms with Crippen molar-refractivity contribution in [3.63, 3.8) is 0 Å². The van der Waals surface area contributed by atoms with Crippen molar-refractivity contribution in [2.75, 3.05) is 18.0 Å². The molecule has 0 aliphatic carbocycles. The molecule has 0 bridgehead atoms. The van der Waals surface area contributed by atoms with Gasteiger partial charge in [0.05, 0.1) is 0 Å². The normalized spacial score (nSPS) is 11.3. The Morgan fingerprint density at radius 2 is 1.61 bits per heavy atom. The van der Waals surface area contributed by atoms with Gasteiger partial charge in [0.25, 0.3) is 0 Å². The minimum Gasteiger partial charge on any atom is -0.371 e. The van der Waals surface area contributed by atoms with Crippen molar-refractivity contribution in [1.82, 2.24) is 0 Å². The van der Waals surface area contributed by atoms with Gasteiger partial charge in [0.15, 0.2) is 0 Å². The molecule has 0 spiro atoms. The monoisotopic (exact) mass is 311 g/mol. The smallest absolute Gasteiger partial charge is 0.0407 e. The summed E-state index contributed by atoms with van der Waals surface area (Å²) in [5.41, 5.74) is 4.12. The predicted molar refractivity (Wildman–Crippen MR) is 85.7 cm³/mol. The molecule has 1 aromatic rings. The third-order valence-corrected chi connectivity index (χ3v) is 3.49. The number of halogens is 1. The zero-order chi connectivity index (χ0) is 13.7. The van der Waals surface area contributed by atoms with E-state index < -0.39 is 0 Å². The average Bonchev–Trinajstić information content (AvgIpc) is 2.26. The van der Waals surface area contributed by atoms with Crippen LogP contribution in [-0.2, 0) is 5.33 Å². The molecule has 18 heavy (non-hydrogen) atoms. The van der Waals surface area contributed by atoms with Crippen LogP contribution < -0.4 is 4.90 Å². The summed E-state index contributed by atoms with van der Waals surface area (Å²) in [4.78, 5) is 2.53. The number of anilines is 1. The minimum atomic E-state index is 0.688. The van der Waals surface area contributed by atoms with Crippen molar-refractivity contribution in [2.24, 2.45) is 11.8 Å². The van der Waals surface area contributed by atoms with Gasteiger partial charge in [-0.15, -0.1) is 0 Å². The summed E-state index contributed by atoms with van der Waals surface area (Å²) in [6.45, 7) is 13.6. The van der Waals surface area contributed by atoms with Gasteiger partial charge in [-0.1, -0.05) is 61.3 Å². The molecule has 1 nitrogen and oxygen atoms in total. The molecule has 0 aromatic heterocycles. The Morgan fingerprint density at radius 1 is 1.06 bits per heavy atom. The molecule has 1 rings (SSSR count). The zero-order valence-corrected chi connectivity index (χ0v) is 13.9. The van der Waals surface area contributed by atoms with Gasteiger partial charge in [-0.3, -0.25) is 0 Å². The van der Waals surface area contributed by atoms with Crippen LogP contribution in [0, 0.1) is 18.8 Å². The Morgan fingerprint density at radius 3 is 2.06 bits per heavy atom. The van der Waals surface area contributed by atoms with Crippen molar-refractivity contribution in [2.45, 2.75) is 39.9 Å². The number of nitrogens with zero attached hydrogens (tertiary/aromatic N) is 1. The first-order valence-corrected chi connectivity index (χ1v) is 7.96. The van der Waals surface area contributed by atoms with E-state index in [9.17, 15) is 0 Å². The molecule has 0 amide bonds. The molecule has 0 radical (unpaired) electrons. The van der Waals surface area contributed by atoms with E-state index in [2.05, 4.69) is 73.6 Å². The molecule has 1 aromatic carbocycles. The molecular formula is C16H26BrN. The summed E-state index contributed by atoms with van der Waals surface area (Å²) in [5.74, 6) is 1.38.